The van der Waals surface area contributed by atoms with Gasteiger partial charge in [0, 0.05) is 5.41 Å². The van der Waals surface area contributed by atoms with Crippen LogP contribution in [-0.2, 0) is 9.53 Å². The molecule has 3 aliphatic rings. The Bertz CT molecular complexity index is 353. The van der Waals surface area contributed by atoms with Gasteiger partial charge >= 0.3 is 5.97 Å². The van der Waals surface area contributed by atoms with Crippen LogP contribution in [0.2, 0.25) is 0 Å². The first kappa shape index (κ1) is 11.5. The summed E-state index contributed by atoms with van der Waals surface area (Å²) in [5.74, 6) is -0.253. The zero-order valence-electron chi connectivity index (χ0n) is 10.6. The molecule has 0 radical (unpaired) electrons. The summed E-state index contributed by atoms with van der Waals surface area (Å²) in [5, 5.41) is 11.0. The summed E-state index contributed by atoms with van der Waals surface area (Å²) in [4.78, 5) is 11.6. The minimum atomic E-state index is -0.785. The van der Waals surface area contributed by atoms with E-state index in [2.05, 4.69) is 0 Å². The summed E-state index contributed by atoms with van der Waals surface area (Å²) >= 11 is 0. The number of esters is 1. The monoisotopic (exact) mass is 238 g/mol. The maximum Gasteiger partial charge on any atom is 0.308 e. The number of ether oxygens (including phenoxy) is 1. The molecule has 0 saturated heterocycles. The third kappa shape index (κ3) is 1.35. The number of hydrogen-bond donors (Lipinski definition) is 1. The Morgan fingerprint density at radius 3 is 2.65 bits per heavy atom. The lowest BCUT2D eigenvalue weighted by atomic mass is 9.75. The zero-order chi connectivity index (χ0) is 12.1. The molecule has 3 heteroatoms. The summed E-state index contributed by atoms with van der Waals surface area (Å²) in [6.07, 6.45) is 9.25. The predicted molar refractivity (Wildman–Crippen MR) is 63.4 cm³/mol. The Labute approximate surface area is 103 Å². The van der Waals surface area contributed by atoms with Crippen molar-refractivity contribution in [2.24, 2.45) is 10.8 Å². The highest BCUT2D eigenvalue weighted by molar-refractivity contribution is 5.71. The molecule has 3 saturated carbocycles. The molecule has 0 aromatic carbocycles. The molecular formula is C14H22O3. The van der Waals surface area contributed by atoms with Gasteiger partial charge in [-0.05, 0) is 37.5 Å². The van der Waals surface area contributed by atoms with Crippen molar-refractivity contribution in [3.63, 3.8) is 0 Å². The van der Waals surface area contributed by atoms with E-state index in [1.807, 2.05) is 0 Å². The molecule has 0 amide bonds. The summed E-state index contributed by atoms with van der Waals surface area (Å²) < 4.78 is 4.77. The molecule has 3 nitrogen and oxygen atoms in total. The van der Waals surface area contributed by atoms with E-state index >= 15 is 0 Å². The van der Waals surface area contributed by atoms with E-state index in [1.165, 1.54) is 32.8 Å². The zero-order valence-corrected chi connectivity index (χ0v) is 10.6. The maximum absolute atomic E-state index is 11.6. The lowest BCUT2D eigenvalue weighted by molar-refractivity contribution is -0.151. The minimum absolute atomic E-state index is 0.0602. The van der Waals surface area contributed by atoms with Crippen LogP contribution in [0.15, 0.2) is 0 Å². The number of methoxy groups -OCH3 is 1. The second-order valence-corrected chi connectivity index (χ2v) is 6.38. The number of aliphatic hydroxyl groups is 1. The minimum Gasteiger partial charge on any atom is -0.469 e. The fourth-order valence-corrected chi connectivity index (χ4v) is 4.98. The summed E-state index contributed by atoms with van der Waals surface area (Å²) in [6, 6.07) is 0. The topological polar surface area (TPSA) is 46.5 Å². The van der Waals surface area contributed by atoms with Gasteiger partial charge in [0.05, 0.1) is 19.1 Å². The molecule has 3 atom stereocenters. The number of hydrogen-bond acceptors (Lipinski definition) is 3. The van der Waals surface area contributed by atoms with Crippen molar-refractivity contribution in [3.05, 3.63) is 0 Å². The second kappa shape index (κ2) is 3.47. The van der Waals surface area contributed by atoms with Crippen molar-refractivity contribution in [3.8, 4) is 0 Å². The van der Waals surface area contributed by atoms with E-state index in [4.69, 9.17) is 4.74 Å². The van der Waals surface area contributed by atoms with Crippen molar-refractivity contribution in [1.29, 1.82) is 0 Å². The highest BCUT2D eigenvalue weighted by Crippen LogP contribution is 2.81. The molecule has 0 spiro atoms. The first-order valence-electron chi connectivity index (χ1n) is 6.87. The third-order valence-electron chi connectivity index (χ3n) is 5.84. The van der Waals surface area contributed by atoms with E-state index in [1.54, 1.807) is 0 Å². The van der Waals surface area contributed by atoms with Crippen LogP contribution in [0.4, 0.5) is 0 Å². The number of carbonyl (C=O) groups excluding carboxylic acids is 1. The molecule has 96 valence electrons. The maximum atomic E-state index is 11.6. The van der Waals surface area contributed by atoms with Gasteiger partial charge in [0.15, 0.2) is 0 Å². The van der Waals surface area contributed by atoms with Crippen LogP contribution < -0.4 is 0 Å². The highest BCUT2D eigenvalue weighted by atomic mass is 16.5. The summed E-state index contributed by atoms with van der Waals surface area (Å²) in [7, 11) is 1.41. The van der Waals surface area contributed by atoms with E-state index in [0.29, 0.717) is 5.41 Å². The highest BCUT2D eigenvalue weighted by Gasteiger charge is 2.77. The molecule has 0 unspecified atom stereocenters. The van der Waals surface area contributed by atoms with Gasteiger partial charge in [0.1, 0.15) is 0 Å². The van der Waals surface area contributed by atoms with Crippen LogP contribution in [0.1, 0.15) is 57.8 Å². The van der Waals surface area contributed by atoms with Gasteiger partial charge < -0.3 is 9.84 Å². The average Bonchev–Trinajstić information content (AvgIpc) is 2.84. The molecule has 17 heavy (non-hydrogen) atoms. The number of carbonyl (C=O) groups is 1. The lowest BCUT2D eigenvalue weighted by Crippen LogP contribution is -2.42. The predicted octanol–water partition coefficient (Wildman–Crippen LogP) is 2.42. The van der Waals surface area contributed by atoms with Crippen LogP contribution in [0.25, 0.3) is 0 Å². The smallest absolute Gasteiger partial charge is 0.308 e. The standard InChI is InChI=1S/C14H22O3/c1-17-11(15)9-14(16)8-3-2-5-12-6-4-7-13(12,14)10-12/h16H,2-10H2,1H3/t12-,13-,14-/m1/s1. The fourth-order valence-electron chi connectivity index (χ4n) is 4.98. The molecule has 0 heterocycles. The van der Waals surface area contributed by atoms with E-state index < -0.39 is 5.60 Å². The van der Waals surface area contributed by atoms with Gasteiger partial charge in [-0.15, -0.1) is 0 Å². The molecule has 3 fully saturated rings. The van der Waals surface area contributed by atoms with E-state index in [9.17, 15) is 9.90 Å². The largest absolute Gasteiger partial charge is 0.469 e. The van der Waals surface area contributed by atoms with Crippen molar-refractivity contribution < 1.29 is 14.6 Å². The van der Waals surface area contributed by atoms with Gasteiger partial charge in [-0.25, -0.2) is 0 Å². The van der Waals surface area contributed by atoms with Crippen LogP contribution in [0, 0.1) is 10.8 Å². The summed E-state index contributed by atoms with van der Waals surface area (Å²) in [5.41, 5.74) is -0.343. The molecule has 0 aromatic rings. The Morgan fingerprint density at radius 1 is 1.18 bits per heavy atom. The Kier molecular flexibility index (Phi) is 2.35. The number of rotatable bonds is 2. The third-order valence-corrected chi connectivity index (χ3v) is 5.84. The van der Waals surface area contributed by atoms with Crippen LogP contribution >= 0.6 is 0 Å². The normalized spacial score (nSPS) is 47.9. The first-order valence-corrected chi connectivity index (χ1v) is 6.87. The molecule has 1 N–H and O–H groups in total. The Morgan fingerprint density at radius 2 is 1.88 bits per heavy atom. The molecular weight excluding hydrogens is 216 g/mol. The molecule has 0 aliphatic heterocycles. The molecule has 3 aliphatic carbocycles. The van der Waals surface area contributed by atoms with Gasteiger partial charge in [0.2, 0.25) is 0 Å². The summed E-state index contributed by atoms with van der Waals surface area (Å²) in [6.45, 7) is 0. The van der Waals surface area contributed by atoms with Crippen molar-refractivity contribution in [1.82, 2.24) is 0 Å². The van der Waals surface area contributed by atoms with Crippen LogP contribution in [0.3, 0.4) is 0 Å². The Balaban J connectivity index is 1.89. The SMILES string of the molecule is COC(=O)C[C@]1(O)CCCC[C@]23CCC[C@]12C3. The lowest BCUT2D eigenvalue weighted by Gasteiger charge is -2.36. The van der Waals surface area contributed by atoms with Gasteiger partial charge in [-0.2, -0.15) is 0 Å². The second-order valence-electron chi connectivity index (χ2n) is 6.38. The van der Waals surface area contributed by atoms with Gasteiger partial charge in [-0.1, -0.05) is 19.3 Å². The Hall–Kier alpha value is -0.570. The van der Waals surface area contributed by atoms with Crippen LogP contribution in [0.5, 0.6) is 0 Å². The van der Waals surface area contributed by atoms with Crippen LogP contribution in [-0.4, -0.2) is 23.8 Å². The molecule has 0 bridgehead atoms. The van der Waals surface area contributed by atoms with E-state index in [0.717, 1.165) is 25.7 Å². The van der Waals surface area contributed by atoms with E-state index in [-0.39, 0.29) is 17.8 Å². The average molecular weight is 238 g/mol. The van der Waals surface area contributed by atoms with Crippen molar-refractivity contribution >= 4 is 5.97 Å². The quantitative estimate of drug-likeness (QED) is 0.751. The first-order chi connectivity index (χ1) is 8.08. The van der Waals surface area contributed by atoms with Crippen molar-refractivity contribution in [2.75, 3.05) is 7.11 Å². The van der Waals surface area contributed by atoms with Gasteiger partial charge in [0.25, 0.3) is 0 Å². The van der Waals surface area contributed by atoms with Gasteiger partial charge in [-0.3, -0.25) is 4.79 Å². The fraction of sp³-hybridized carbons (Fsp3) is 0.929. The van der Waals surface area contributed by atoms with Crippen molar-refractivity contribution in [2.45, 2.75) is 63.4 Å². The molecule has 3 rings (SSSR count). The molecule has 0 aromatic heterocycles.